The van der Waals surface area contributed by atoms with Gasteiger partial charge < -0.3 is 36.4 Å². The normalized spacial score (nSPS) is 14.6. The molecule has 0 aromatic heterocycles. The van der Waals surface area contributed by atoms with E-state index >= 15 is 0 Å². The van der Waals surface area contributed by atoms with Gasteiger partial charge in [0.05, 0.1) is 45.4 Å². The molecule has 0 heterocycles. The second-order valence-corrected chi connectivity index (χ2v) is 2.61. The van der Waals surface area contributed by atoms with Crippen LogP contribution in [-0.2, 0) is 45.4 Å². The second-order valence-electron chi connectivity index (χ2n) is 0.868. The van der Waals surface area contributed by atoms with Crippen molar-refractivity contribution in [2.75, 3.05) is 0 Å². The topological polar surface area (TPSA) is 241 Å². The fraction of sp³-hybridized carbons (Fsp3) is 0. The minimum absolute atomic E-state index is 0. The van der Waals surface area contributed by atoms with Gasteiger partial charge >= 0.3 is 29.6 Å². The van der Waals surface area contributed by atoms with Gasteiger partial charge in [0.15, 0.2) is 0 Å². The zero-order valence-electron chi connectivity index (χ0n) is 7.69. The summed E-state index contributed by atoms with van der Waals surface area (Å²) in [5, 5.41) is 0. The van der Waals surface area contributed by atoms with Crippen molar-refractivity contribution in [1.29, 1.82) is 0 Å². The Bertz CT molecular complexity index is 159. The summed E-state index contributed by atoms with van der Waals surface area (Å²) in [4.78, 5) is 0. The quantitative estimate of drug-likeness (QED) is 0.236. The maximum Gasteiger partial charge on any atom is 1.00 e. The van der Waals surface area contributed by atoms with E-state index in [1.54, 1.807) is 0 Å². The van der Waals surface area contributed by atoms with E-state index in [1.807, 2.05) is 0 Å². The Morgan fingerprint density at radius 3 is 0.529 bits per heavy atom. The Hall–Kier alpha value is 1.28. The minimum atomic E-state index is -2.86. The zero-order chi connectivity index (χ0) is 14.3. The third-order valence-corrected chi connectivity index (χ3v) is 0. The fourth-order valence-corrected chi connectivity index (χ4v) is 0. The van der Waals surface area contributed by atoms with Crippen molar-refractivity contribution < 1.29 is 82.8 Å². The van der Waals surface area contributed by atoms with Gasteiger partial charge in [0.1, 0.15) is 0 Å². The smallest absolute Gasteiger partial charge is 0.750 e. The van der Waals surface area contributed by atoms with Crippen molar-refractivity contribution >= 4 is 45.4 Å². The van der Waals surface area contributed by atoms with E-state index in [0.29, 0.717) is 0 Å². The van der Waals surface area contributed by atoms with Gasteiger partial charge in [-0.05, 0) is 0 Å². The molecule has 104 valence electrons. The van der Waals surface area contributed by atoms with Crippen LogP contribution >= 0.6 is 0 Å². The molecule has 0 aliphatic rings. The summed E-state index contributed by atoms with van der Waals surface area (Å²) in [6, 6.07) is 0. The number of hydrogen-bond donors (Lipinski definition) is 4. The van der Waals surface area contributed by atoms with Crippen LogP contribution in [0.2, 0.25) is 0 Å². The van der Waals surface area contributed by atoms with Crippen molar-refractivity contribution in [2.45, 2.75) is 0 Å². The molecule has 0 saturated carbocycles. The standard InChI is InChI=1S/Na.4H2O3S/c;4*1-4(2)3/h;4*(H2,1,2,3)/q+1;;;;/p-4. The van der Waals surface area contributed by atoms with E-state index in [1.165, 1.54) is 0 Å². The fourth-order valence-electron chi connectivity index (χ4n) is 0. The Morgan fingerprint density at radius 1 is 0.529 bits per heavy atom. The third kappa shape index (κ3) is 2460. The first-order valence-corrected chi connectivity index (χ1v) is 6.19. The van der Waals surface area contributed by atoms with Crippen LogP contribution in [0.1, 0.15) is 0 Å². The first-order chi connectivity index (χ1) is 6.93. The van der Waals surface area contributed by atoms with Gasteiger partial charge in [-0.25, -0.2) is 16.8 Å². The van der Waals surface area contributed by atoms with Crippen LogP contribution in [0.15, 0.2) is 0 Å². The van der Waals surface area contributed by atoms with Crippen LogP contribution in [0.4, 0.5) is 0 Å². The summed E-state index contributed by atoms with van der Waals surface area (Å²) in [6.07, 6.45) is 0. The first kappa shape index (κ1) is 31.0. The molecule has 12 nitrogen and oxygen atoms in total. The van der Waals surface area contributed by atoms with Crippen LogP contribution in [0.3, 0.4) is 0 Å². The van der Waals surface area contributed by atoms with Crippen LogP contribution in [0.5, 0.6) is 0 Å². The van der Waals surface area contributed by atoms with Crippen molar-refractivity contribution in [3.63, 3.8) is 0 Å². The minimum Gasteiger partial charge on any atom is -0.750 e. The summed E-state index contributed by atoms with van der Waals surface area (Å²) in [5.74, 6) is 0. The first-order valence-electron chi connectivity index (χ1n) is 2.06. The van der Waals surface area contributed by atoms with Crippen LogP contribution < -0.4 is 29.6 Å². The van der Waals surface area contributed by atoms with Crippen LogP contribution in [0, 0.1) is 0 Å². The van der Waals surface area contributed by atoms with Gasteiger partial charge in [0.25, 0.3) is 0 Å². The summed E-state index contributed by atoms with van der Waals surface area (Å²) in [7, 11) is 0. The van der Waals surface area contributed by atoms with E-state index in [4.69, 9.17) is 53.3 Å². The average Bonchev–Trinajstić information content (AvgIpc) is 1.76. The zero-order valence-corrected chi connectivity index (χ0v) is 13.0. The summed E-state index contributed by atoms with van der Waals surface area (Å²) < 4.78 is 96.3. The van der Waals surface area contributed by atoms with Crippen LogP contribution in [-0.4, -0.2) is 53.3 Å². The predicted octanol–water partition coefficient (Wildman–Crippen LogP) is -5.64. The third-order valence-electron chi connectivity index (χ3n) is 0. The monoisotopic (exact) mass is 347 g/mol. The molecule has 17 heteroatoms. The van der Waals surface area contributed by atoms with Crippen molar-refractivity contribution in [3.8, 4) is 0 Å². The van der Waals surface area contributed by atoms with E-state index < -0.39 is 45.4 Å². The van der Waals surface area contributed by atoms with E-state index in [0.717, 1.165) is 0 Å². The average molecular weight is 347 g/mol. The van der Waals surface area contributed by atoms with Crippen molar-refractivity contribution in [2.24, 2.45) is 0 Å². The molecule has 0 spiro atoms. The van der Waals surface area contributed by atoms with Crippen LogP contribution in [0.25, 0.3) is 0 Å². The SMILES string of the molecule is O=S([O-])O.O=S([O-])O.O=S([O-])O.O=S([O-])O.[Na+]. The molecule has 0 aliphatic heterocycles. The Labute approximate surface area is 127 Å². The molecule has 0 saturated heterocycles. The predicted molar refractivity (Wildman–Crippen MR) is 46.2 cm³/mol. The van der Waals surface area contributed by atoms with Gasteiger partial charge in [-0.2, -0.15) is 0 Å². The molecule has 0 fully saturated rings. The Morgan fingerprint density at radius 2 is 0.529 bits per heavy atom. The largest absolute Gasteiger partial charge is 1.00 e. The summed E-state index contributed by atoms with van der Waals surface area (Å²) >= 11 is -11.4. The second kappa shape index (κ2) is 26.0. The maximum atomic E-state index is 8.56. The molecule has 0 rings (SSSR count). The van der Waals surface area contributed by atoms with Gasteiger partial charge in [0, 0.05) is 0 Å². The van der Waals surface area contributed by atoms with Gasteiger partial charge in [-0.15, -0.1) is 0 Å². The van der Waals surface area contributed by atoms with Crippen molar-refractivity contribution in [3.05, 3.63) is 0 Å². The van der Waals surface area contributed by atoms with E-state index in [-0.39, 0.29) is 29.6 Å². The Kier molecular flexibility index (Phi) is 47.3. The van der Waals surface area contributed by atoms with Gasteiger partial charge in [-0.1, -0.05) is 0 Å². The van der Waals surface area contributed by atoms with Crippen molar-refractivity contribution in [1.82, 2.24) is 0 Å². The Balaban J connectivity index is -0.0000000369. The molecule has 0 amide bonds. The molecule has 0 aromatic rings. The maximum absolute atomic E-state index is 8.56. The van der Waals surface area contributed by atoms with Gasteiger partial charge in [-0.3, -0.25) is 0 Å². The van der Waals surface area contributed by atoms with E-state index in [9.17, 15) is 0 Å². The summed E-state index contributed by atoms with van der Waals surface area (Å²) in [6.45, 7) is 0. The molecule has 4 atom stereocenters. The number of hydrogen-bond acceptors (Lipinski definition) is 8. The molecular weight excluding hydrogens is 343 g/mol. The molecule has 17 heavy (non-hydrogen) atoms. The molecule has 0 aliphatic carbocycles. The summed E-state index contributed by atoms with van der Waals surface area (Å²) in [5.41, 5.74) is 0. The molecular formula is H4NaO12S4-3. The molecule has 0 radical (unpaired) electrons. The molecule has 0 bridgehead atoms. The van der Waals surface area contributed by atoms with Gasteiger partial charge in [0.2, 0.25) is 0 Å². The molecule has 4 N–H and O–H groups in total. The molecule has 0 aromatic carbocycles. The van der Waals surface area contributed by atoms with E-state index in [2.05, 4.69) is 0 Å². The molecule has 4 unspecified atom stereocenters. The number of rotatable bonds is 0.